The second-order valence-electron chi connectivity index (χ2n) is 13.3. The van der Waals surface area contributed by atoms with Crippen molar-refractivity contribution >= 4 is 27.5 Å². The van der Waals surface area contributed by atoms with Crippen LogP contribution in [0.25, 0.3) is 0 Å². The first-order valence-corrected chi connectivity index (χ1v) is 18.7. The summed E-state index contributed by atoms with van der Waals surface area (Å²) in [5, 5.41) is 10.2. The van der Waals surface area contributed by atoms with Crippen LogP contribution in [0.4, 0.5) is 5.69 Å². The maximum Gasteiger partial charge on any atom is 0.261 e. The van der Waals surface area contributed by atoms with E-state index < -0.39 is 22.0 Å². The molecular formula is C36H53N3O8S. The average molecular weight is 688 g/mol. The summed E-state index contributed by atoms with van der Waals surface area (Å²) in [7, 11) is -0.642. The van der Waals surface area contributed by atoms with Gasteiger partial charge in [-0.25, -0.2) is 8.42 Å². The van der Waals surface area contributed by atoms with Crippen molar-refractivity contribution in [3.8, 4) is 11.5 Å². The number of nitrogens with one attached hydrogen (secondary N) is 1. The zero-order valence-electron chi connectivity index (χ0n) is 29.0. The van der Waals surface area contributed by atoms with Crippen LogP contribution in [-0.4, -0.2) is 93.8 Å². The number of likely N-dealkylation sites (N-methyl/N-ethyl adjacent to an activating group) is 1. The summed E-state index contributed by atoms with van der Waals surface area (Å²) in [6.45, 7) is 6.59. The molecule has 1 fully saturated rings. The Morgan fingerprint density at radius 2 is 1.75 bits per heavy atom. The van der Waals surface area contributed by atoms with Gasteiger partial charge in [-0.1, -0.05) is 26.2 Å². The average Bonchev–Trinajstić information content (AvgIpc) is 3.09. The zero-order chi connectivity index (χ0) is 34.8. The van der Waals surface area contributed by atoms with Crippen LogP contribution in [-0.2, 0) is 19.6 Å². The van der Waals surface area contributed by atoms with E-state index in [-0.39, 0.29) is 59.2 Å². The number of rotatable bonds is 9. The maximum absolute atomic E-state index is 14.4. The molecule has 11 nitrogen and oxygen atoms in total. The summed E-state index contributed by atoms with van der Waals surface area (Å²) < 4.78 is 46.9. The minimum absolute atomic E-state index is 0.0411. The van der Waals surface area contributed by atoms with Gasteiger partial charge in [-0.05, 0) is 88.4 Å². The van der Waals surface area contributed by atoms with Crippen LogP contribution in [0, 0.1) is 11.8 Å². The largest absolute Gasteiger partial charge is 0.497 e. The summed E-state index contributed by atoms with van der Waals surface area (Å²) >= 11 is 0. The molecule has 2 N–H and O–H groups in total. The minimum atomic E-state index is -3.98. The van der Waals surface area contributed by atoms with Gasteiger partial charge in [-0.2, -0.15) is 0 Å². The Morgan fingerprint density at radius 3 is 2.42 bits per heavy atom. The van der Waals surface area contributed by atoms with E-state index in [9.17, 15) is 23.1 Å². The number of hydrogen-bond acceptors (Lipinski definition) is 8. The van der Waals surface area contributed by atoms with Crippen LogP contribution in [0.2, 0.25) is 0 Å². The van der Waals surface area contributed by atoms with Gasteiger partial charge in [-0.3, -0.25) is 14.3 Å². The van der Waals surface area contributed by atoms with E-state index in [1.54, 1.807) is 41.0 Å². The number of benzene rings is 2. The molecular weight excluding hydrogens is 634 g/mol. The van der Waals surface area contributed by atoms with Crippen LogP contribution in [0.15, 0.2) is 47.4 Å². The molecule has 1 saturated carbocycles. The molecule has 0 aromatic heterocycles. The first-order chi connectivity index (χ1) is 22.9. The molecule has 4 rings (SSSR count). The molecule has 1 aliphatic heterocycles. The molecule has 2 aromatic rings. The third-order valence-electron chi connectivity index (χ3n) is 9.46. The number of hydrogen-bond donors (Lipinski definition) is 2. The van der Waals surface area contributed by atoms with E-state index in [1.807, 2.05) is 20.9 Å². The number of sulfonamides is 1. The molecule has 2 aliphatic rings. The lowest BCUT2D eigenvalue weighted by Gasteiger charge is -2.36. The molecule has 266 valence electrons. The third-order valence-corrected chi connectivity index (χ3v) is 10.9. The van der Waals surface area contributed by atoms with Crippen molar-refractivity contribution in [3.63, 3.8) is 0 Å². The molecule has 0 saturated heterocycles. The second kappa shape index (κ2) is 17.3. The van der Waals surface area contributed by atoms with Gasteiger partial charge in [0.1, 0.15) is 11.5 Å². The highest BCUT2D eigenvalue weighted by atomic mass is 32.2. The van der Waals surface area contributed by atoms with E-state index in [0.29, 0.717) is 24.7 Å². The van der Waals surface area contributed by atoms with Crippen LogP contribution in [0.3, 0.4) is 0 Å². The van der Waals surface area contributed by atoms with Crippen molar-refractivity contribution in [1.29, 1.82) is 0 Å². The smallest absolute Gasteiger partial charge is 0.261 e. The summed E-state index contributed by atoms with van der Waals surface area (Å²) in [4.78, 5) is 31.2. The van der Waals surface area contributed by atoms with Gasteiger partial charge in [0.25, 0.3) is 15.9 Å². The molecule has 2 amide bonds. The third kappa shape index (κ3) is 9.85. The van der Waals surface area contributed by atoms with E-state index in [2.05, 4.69) is 4.72 Å². The highest BCUT2D eigenvalue weighted by Gasteiger charge is 2.32. The van der Waals surface area contributed by atoms with E-state index in [0.717, 1.165) is 44.9 Å². The molecule has 0 bridgehead atoms. The van der Waals surface area contributed by atoms with Crippen LogP contribution >= 0.6 is 0 Å². The molecule has 48 heavy (non-hydrogen) atoms. The molecule has 0 unspecified atom stereocenters. The lowest BCUT2D eigenvalue weighted by molar-refractivity contribution is -0.137. The number of carbonyl (C=O) groups excluding carboxylic acids is 2. The van der Waals surface area contributed by atoms with Crippen molar-refractivity contribution < 1.29 is 37.3 Å². The molecule has 2 aromatic carbocycles. The van der Waals surface area contributed by atoms with E-state index in [1.165, 1.54) is 31.7 Å². The normalized spacial score (nSPS) is 22.5. The first-order valence-electron chi connectivity index (χ1n) is 17.2. The summed E-state index contributed by atoms with van der Waals surface area (Å²) in [6, 6.07) is 10.1. The topological polar surface area (TPSA) is 135 Å². The Labute approximate surface area is 286 Å². The first kappa shape index (κ1) is 37.5. The lowest BCUT2D eigenvalue weighted by atomic mass is 9.88. The SMILES string of the molecule is COc1ccc(S(=O)(=O)Nc2ccc3c(c2)C(=O)N([C@@H](C)CO)C[C@@H](C)[C@@H](CN(C)C(=O)C2CCCCC2)OCCCC[C@H](C)O3)cc1. The number of anilines is 1. The van der Waals surface area contributed by atoms with Crippen LogP contribution < -0.4 is 14.2 Å². The van der Waals surface area contributed by atoms with Gasteiger partial charge >= 0.3 is 0 Å². The number of nitrogens with zero attached hydrogens (tertiary/aromatic N) is 2. The summed E-state index contributed by atoms with van der Waals surface area (Å²) in [5.41, 5.74) is 0.382. The van der Waals surface area contributed by atoms with Crippen molar-refractivity contribution in [2.24, 2.45) is 11.8 Å². The standard InChI is InChI=1S/C36H53N3O8S/c1-25-22-39(26(2)24-40)36(42)32-21-29(37-48(43,44)31-17-15-30(45-5)16-18-31)14-19-33(32)47-27(3)11-9-10-20-46-34(25)23-38(4)35(41)28-12-7-6-8-13-28/h14-19,21,25-28,34,37,40H,6-13,20,22-24H2,1-5H3/t25-,26+,27+,34-/m1/s1. The number of fused-ring (bicyclic) bond motifs is 1. The summed E-state index contributed by atoms with van der Waals surface area (Å²) in [5.74, 6) is 0.460. The second-order valence-corrected chi connectivity index (χ2v) is 15.0. The Kier molecular flexibility index (Phi) is 13.5. The van der Waals surface area contributed by atoms with Gasteiger partial charge in [-0.15, -0.1) is 0 Å². The van der Waals surface area contributed by atoms with Gasteiger partial charge in [0, 0.05) is 44.3 Å². The van der Waals surface area contributed by atoms with Crippen LogP contribution in [0.1, 0.15) is 82.5 Å². The quantitative estimate of drug-likeness (QED) is 0.362. The monoisotopic (exact) mass is 687 g/mol. The number of ether oxygens (including phenoxy) is 3. The Morgan fingerprint density at radius 1 is 1.06 bits per heavy atom. The van der Waals surface area contributed by atoms with E-state index in [4.69, 9.17) is 14.2 Å². The molecule has 1 aliphatic carbocycles. The van der Waals surface area contributed by atoms with Gasteiger partial charge < -0.3 is 29.1 Å². The van der Waals surface area contributed by atoms with Gasteiger partial charge in [0.15, 0.2) is 0 Å². The van der Waals surface area contributed by atoms with Crippen molar-refractivity contribution in [1.82, 2.24) is 9.80 Å². The predicted octanol–water partition coefficient (Wildman–Crippen LogP) is 5.33. The Bertz CT molecular complexity index is 1460. The van der Waals surface area contributed by atoms with Crippen molar-refractivity contribution in [3.05, 3.63) is 48.0 Å². The van der Waals surface area contributed by atoms with Crippen molar-refractivity contribution in [2.75, 3.05) is 45.2 Å². The minimum Gasteiger partial charge on any atom is -0.497 e. The number of aliphatic hydroxyl groups excluding tert-OH is 1. The fourth-order valence-electron chi connectivity index (χ4n) is 6.44. The van der Waals surface area contributed by atoms with E-state index >= 15 is 0 Å². The molecule has 0 radical (unpaired) electrons. The number of amides is 2. The maximum atomic E-state index is 14.4. The molecule has 1 heterocycles. The molecule has 0 spiro atoms. The zero-order valence-corrected chi connectivity index (χ0v) is 29.8. The lowest BCUT2D eigenvalue weighted by Crippen LogP contribution is -2.48. The van der Waals surface area contributed by atoms with Crippen molar-refractivity contribution in [2.45, 2.75) is 95.3 Å². The van der Waals surface area contributed by atoms with Gasteiger partial charge in [0.05, 0.1) is 42.4 Å². The highest BCUT2D eigenvalue weighted by Crippen LogP contribution is 2.30. The predicted molar refractivity (Wildman–Crippen MR) is 185 cm³/mol. The molecule has 4 atom stereocenters. The Hall–Kier alpha value is -3.35. The number of methoxy groups -OCH3 is 1. The number of carbonyl (C=O) groups is 2. The molecule has 12 heteroatoms. The fraction of sp³-hybridized carbons (Fsp3) is 0.611. The fourth-order valence-corrected chi connectivity index (χ4v) is 7.49. The Balaban J connectivity index is 1.63. The van der Waals surface area contributed by atoms with Crippen LogP contribution in [0.5, 0.6) is 11.5 Å². The number of aliphatic hydroxyl groups is 1. The highest BCUT2D eigenvalue weighted by molar-refractivity contribution is 7.92. The summed E-state index contributed by atoms with van der Waals surface area (Å²) in [6.07, 6.45) is 6.97. The van der Waals surface area contributed by atoms with Gasteiger partial charge in [0.2, 0.25) is 5.91 Å².